The van der Waals surface area contributed by atoms with Gasteiger partial charge < -0.3 is 24.3 Å². The van der Waals surface area contributed by atoms with Crippen molar-refractivity contribution in [3.8, 4) is 0 Å². The molecule has 2 aromatic heterocycles. The minimum Gasteiger partial charge on any atom is -0.465 e. The zero-order valence-electron chi connectivity index (χ0n) is 18.3. The molecule has 0 aliphatic rings. The summed E-state index contributed by atoms with van der Waals surface area (Å²) in [4.78, 5) is 35.2. The number of ether oxygens (including phenoxy) is 3. The summed E-state index contributed by atoms with van der Waals surface area (Å²) in [6, 6.07) is 0. The van der Waals surface area contributed by atoms with Crippen LogP contribution in [0.15, 0.2) is 17.4 Å². The van der Waals surface area contributed by atoms with E-state index in [1.165, 1.54) is 7.11 Å². The molecule has 2 rings (SSSR count). The Labute approximate surface area is 185 Å². The molecule has 0 fully saturated rings. The van der Waals surface area contributed by atoms with E-state index in [1.807, 2.05) is 11.8 Å². The standard InChI is InChI=1S/C21H31N3O6S/c1-5-9-30-13-14(25)11-24(8-7-10-28-3)12-16-22-19(26)17-15(6-2)18(21(27)29-4)31-20(17)23-16/h5,14,25H,1,6-13H2,2-4H3,(H,22,23,26). The van der Waals surface area contributed by atoms with E-state index in [1.54, 1.807) is 13.2 Å². The van der Waals surface area contributed by atoms with Crippen LogP contribution >= 0.6 is 11.3 Å². The Morgan fingerprint density at radius 2 is 2.19 bits per heavy atom. The van der Waals surface area contributed by atoms with Gasteiger partial charge in [0.2, 0.25) is 0 Å². The highest BCUT2D eigenvalue weighted by Gasteiger charge is 2.22. The SMILES string of the molecule is C=CCOCC(O)CN(CCCOC)Cc1nc2sc(C(=O)OC)c(CC)c2c(=O)[nH]1. The van der Waals surface area contributed by atoms with Crippen LogP contribution in [0, 0.1) is 0 Å². The first-order valence-electron chi connectivity index (χ1n) is 10.2. The molecule has 0 saturated carbocycles. The summed E-state index contributed by atoms with van der Waals surface area (Å²) < 4.78 is 15.3. The van der Waals surface area contributed by atoms with Crippen molar-refractivity contribution >= 4 is 27.5 Å². The first-order chi connectivity index (χ1) is 14.9. The number of aliphatic hydroxyl groups excluding tert-OH is 1. The molecular formula is C21H31N3O6S. The smallest absolute Gasteiger partial charge is 0.348 e. The number of nitrogens with zero attached hydrogens (tertiary/aromatic N) is 2. The second-order valence-corrected chi connectivity index (χ2v) is 8.01. The van der Waals surface area contributed by atoms with Crippen LogP contribution in [0.25, 0.3) is 10.2 Å². The molecule has 10 heteroatoms. The number of esters is 1. The Hall–Kier alpha value is -2.11. The third-order valence-corrected chi connectivity index (χ3v) is 5.75. The monoisotopic (exact) mass is 453 g/mol. The summed E-state index contributed by atoms with van der Waals surface area (Å²) in [7, 11) is 2.95. The van der Waals surface area contributed by atoms with Gasteiger partial charge in [0, 0.05) is 26.8 Å². The van der Waals surface area contributed by atoms with Gasteiger partial charge in [-0.05, 0) is 18.4 Å². The number of hydrogen-bond acceptors (Lipinski definition) is 9. The largest absolute Gasteiger partial charge is 0.465 e. The van der Waals surface area contributed by atoms with Gasteiger partial charge in [-0.25, -0.2) is 9.78 Å². The van der Waals surface area contributed by atoms with Gasteiger partial charge in [-0.1, -0.05) is 13.0 Å². The van der Waals surface area contributed by atoms with Crippen LogP contribution in [-0.2, 0) is 27.2 Å². The average molecular weight is 454 g/mol. The van der Waals surface area contributed by atoms with E-state index in [0.717, 1.165) is 17.8 Å². The number of aromatic amines is 1. The number of aromatic nitrogens is 2. The molecule has 2 N–H and O–H groups in total. The lowest BCUT2D eigenvalue weighted by molar-refractivity contribution is 0.0225. The maximum atomic E-state index is 12.8. The topological polar surface area (TPSA) is 114 Å². The van der Waals surface area contributed by atoms with E-state index in [0.29, 0.717) is 65.8 Å². The normalized spacial score (nSPS) is 12.4. The third kappa shape index (κ3) is 6.94. The molecule has 0 bridgehead atoms. The zero-order chi connectivity index (χ0) is 22.8. The number of fused-ring (bicyclic) bond motifs is 1. The molecule has 31 heavy (non-hydrogen) atoms. The molecular weight excluding hydrogens is 422 g/mol. The van der Waals surface area contributed by atoms with Crippen LogP contribution in [0.3, 0.4) is 0 Å². The Balaban J connectivity index is 2.26. The number of aryl methyl sites for hydroxylation is 1. The molecule has 0 aliphatic carbocycles. The molecule has 9 nitrogen and oxygen atoms in total. The van der Waals surface area contributed by atoms with E-state index in [2.05, 4.69) is 16.5 Å². The fraction of sp³-hybridized carbons (Fsp3) is 0.571. The molecule has 0 saturated heterocycles. The van der Waals surface area contributed by atoms with Gasteiger partial charge in [-0.3, -0.25) is 9.69 Å². The predicted octanol–water partition coefficient (Wildman–Crippen LogP) is 1.74. The summed E-state index contributed by atoms with van der Waals surface area (Å²) in [5, 5.41) is 10.7. The molecule has 172 valence electrons. The zero-order valence-corrected chi connectivity index (χ0v) is 19.1. The number of rotatable bonds is 14. The van der Waals surface area contributed by atoms with Gasteiger partial charge in [0.15, 0.2) is 0 Å². The fourth-order valence-electron chi connectivity index (χ4n) is 3.30. The first-order valence-corrected chi connectivity index (χ1v) is 11.0. The van der Waals surface area contributed by atoms with E-state index < -0.39 is 12.1 Å². The molecule has 0 aromatic carbocycles. The fourth-order valence-corrected chi connectivity index (χ4v) is 4.50. The predicted molar refractivity (Wildman–Crippen MR) is 120 cm³/mol. The molecule has 0 spiro atoms. The van der Waals surface area contributed by atoms with Gasteiger partial charge in [0.1, 0.15) is 15.5 Å². The highest BCUT2D eigenvalue weighted by molar-refractivity contribution is 7.20. The molecule has 2 aromatic rings. The van der Waals surface area contributed by atoms with Crippen molar-refractivity contribution < 1.29 is 24.1 Å². The van der Waals surface area contributed by atoms with Gasteiger partial charge in [-0.2, -0.15) is 0 Å². The minimum atomic E-state index is -0.697. The summed E-state index contributed by atoms with van der Waals surface area (Å²) in [6.45, 7) is 7.93. The number of thiophene rings is 1. The average Bonchev–Trinajstić information content (AvgIpc) is 3.12. The van der Waals surface area contributed by atoms with Crippen LogP contribution in [0.5, 0.6) is 0 Å². The lowest BCUT2D eigenvalue weighted by atomic mass is 10.1. The Morgan fingerprint density at radius 3 is 2.84 bits per heavy atom. The third-order valence-electron chi connectivity index (χ3n) is 4.65. The van der Waals surface area contributed by atoms with Crippen molar-refractivity contribution in [3.05, 3.63) is 39.3 Å². The summed E-state index contributed by atoms with van der Waals surface area (Å²) in [5.41, 5.74) is 0.369. The Morgan fingerprint density at radius 1 is 1.42 bits per heavy atom. The lowest BCUT2D eigenvalue weighted by Crippen LogP contribution is -2.36. The van der Waals surface area contributed by atoms with Gasteiger partial charge in [0.25, 0.3) is 5.56 Å². The number of carbonyl (C=O) groups is 1. The van der Waals surface area contributed by atoms with Crippen LogP contribution in [0.4, 0.5) is 0 Å². The van der Waals surface area contributed by atoms with E-state index >= 15 is 0 Å². The molecule has 0 aliphatic heterocycles. The number of carbonyl (C=O) groups excluding carboxylic acids is 1. The molecule has 2 heterocycles. The van der Waals surface area contributed by atoms with Crippen LogP contribution in [0.2, 0.25) is 0 Å². The maximum Gasteiger partial charge on any atom is 0.348 e. The van der Waals surface area contributed by atoms with Crippen LogP contribution < -0.4 is 5.56 Å². The van der Waals surface area contributed by atoms with Crippen molar-refractivity contribution in [2.75, 3.05) is 47.1 Å². The van der Waals surface area contributed by atoms with Gasteiger partial charge >= 0.3 is 5.97 Å². The Kier molecular flexibility index (Phi) is 10.3. The van der Waals surface area contributed by atoms with Gasteiger partial charge in [0.05, 0.1) is 38.4 Å². The van der Waals surface area contributed by atoms with Crippen LogP contribution in [-0.4, -0.2) is 79.2 Å². The maximum absolute atomic E-state index is 12.8. The highest BCUT2D eigenvalue weighted by atomic mass is 32.1. The van der Waals surface area contributed by atoms with E-state index in [9.17, 15) is 14.7 Å². The first kappa shape index (κ1) is 25.2. The summed E-state index contributed by atoms with van der Waals surface area (Å²) in [6.07, 6.45) is 2.21. The Bertz CT molecular complexity index is 926. The van der Waals surface area contributed by atoms with Crippen molar-refractivity contribution in [1.82, 2.24) is 14.9 Å². The molecule has 1 atom stereocenters. The second-order valence-electron chi connectivity index (χ2n) is 7.01. The van der Waals surface area contributed by atoms with E-state index in [4.69, 9.17) is 14.2 Å². The number of aliphatic hydroxyl groups is 1. The number of hydrogen-bond donors (Lipinski definition) is 2. The highest BCUT2D eigenvalue weighted by Crippen LogP contribution is 2.29. The molecule has 0 amide bonds. The van der Waals surface area contributed by atoms with Crippen molar-refractivity contribution in [3.63, 3.8) is 0 Å². The number of H-pyrrole nitrogens is 1. The van der Waals surface area contributed by atoms with Crippen molar-refractivity contribution in [1.29, 1.82) is 0 Å². The molecule has 0 radical (unpaired) electrons. The summed E-state index contributed by atoms with van der Waals surface area (Å²) in [5.74, 6) is -0.000848. The van der Waals surface area contributed by atoms with Gasteiger partial charge in [-0.15, -0.1) is 17.9 Å². The molecule has 1 unspecified atom stereocenters. The lowest BCUT2D eigenvalue weighted by Gasteiger charge is -2.24. The number of nitrogens with one attached hydrogen (secondary N) is 1. The van der Waals surface area contributed by atoms with Crippen molar-refractivity contribution in [2.45, 2.75) is 32.4 Å². The number of methoxy groups -OCH3 is 2. The summed E-state index contributed by atoms with van der Waals surface area (Å²) >= 11 is 1.16. The minimum absolute atomic E-state index is 0.184. The second kappa shape index (κ2) is 12.7. The van der Waals surface area contributed by atoms with Crippen molar-refractivity contribution in [2.24, 2.45) is 0 Å². The quantitative estimate of drug-likeness (QED) is 0.253. The van der Waals surface area contributed by atoms with E-state index in [-0.39, 0.29) is 12.2 Å². The van der Waals surface area contributed by atoms with Crippen LogP contribution in [0.1, 0.15) is 34.4 Å².